The number of nitrogens with zero attached hydrogens (tertiary/aromatic N) is 5. The second-order valence-corrected chi connectivity index (χ2v) is 8.37. The van der Waals surface area contributed by atoms with Crippen molar-refractivity contribution in [3.63, 3.8) is 0 Å². The molecule has 0 aliphatic carbocycles. The Bertz CT molecular complexity index is 1260. The van der Waals surface area contributed by atoms with E-state index >= 15 is 0 Å². The van der Waals surface area contributed by atoms with E-state index in [0.717, 1.165) is 9.38 Å². The molecule has 0 saturated heterocycles. The zero-order valence-corrected chi connectivity index (χ0v) is 16.5. The largest absolute Gasteiger partial charge is 0.382 e. The number of thiophene rings is 1. The zero-order chi connectivity index (χ0) is 20.1. The number of halogens is 1. The van der Waals surface area contributed by atoms with Crippen LogP contribution in [0.2, 0.25) is 4.34 Å². The number of aliphatic hydroxyl groups is 1. The second-order valence-electron chi connectivity index (χ2n) is 6.65. The predicted octanol–water partition coefficient (Wildman–Crippen LogP) is 2.02. The van der Waals surface area contributed by atoms with Crippen LogP contribution in [0.15, 0.2) is 35.5 Å². The summed E-state index contributed by atoms with van der Waals surface area (Å²) in [5.41, 5.74) is -0.827. The van der Waals surface area contributed by atoms with Gasteiger partial charge >= 0.3 is 0 Å². The summed E-state index contributed by atoms with van der Waals surface area (Å²) in [4.78, 5) is 32.9. The molecule has 144 valence electrons. The molecule has 0 spiro atoms. The number of anilines is 1. The lowest BCUT2D eigenvalue weighted by molar-refractivity contribution is -0.117. The third kappa shape index (κ3) is 3.26. The SMILES string of the molecule is CC(C)(O)c1nn(CC(=O)Nc2ccncn2)c(=O)c2cc3sc(Cl)cc3n12. The first-order valence-electron chi connectivity index (χ1n) is 8.24. The molecule has 4 rings (SSSR count). The minimum Gasteiger partial charge on any atom is -0.382 e. The summed E-state index contributed by atoms with van der Waals surface area (Å²) in [7, 11) is 0. The molecule has 2 N–H and O–H groups in total. The van der Waals surface area contributed by atoms with Gasteiger partial charge in [0.15, 0.2) is 5.82 Å². The molecule has 1 amide bonds. The molecule has 0 fully saturated rings. The Kier molecular flexibility index (Phi) is 4.41. The third-order valence-electron chi connectivity index (χ3n) is 4.03. The van der Waals surface area contributed by atoms with Crippen molar-refractivity contribution < 1.29 is 9.90 Å². The third-order valence-corrected chi connectivity index (χ3v) is 5.23. The van der Waals surface area contributed by atoms with Gasteiger partial charge in [0.1, 0.15) is 29.8 Å². The molecular weight excluding hydrogens is 404 g/mol. The van der Waals surface area contributed by atoms with Crippen molar-refractivity contribution in [2.24, 2.45) is 0 Å². The molecule has 0 radical (unpaired) electrons. The zero-order valence-electron chi connectivity index (χ0n) is 14.9. The smallest absolute Gasteiger partial charge is 0.291 e. The van der Waals surface area contributed by atoms with Crippen LogP contribution in [0.1, 0.15) is 19.7 Å². The van der Waals surface area contributed by atoms with Crippen molar-refractivity contribution >= 4 is 50.4 Å². The Labute approximate surface area is 167 Å². The van der Waals surface area contributed by atoms with Crippen molar-refractivity contribution in [2.75, 3.05) is 5.32 Å². The standard InChI is InChI=1S/C17H15ClN6O3S/c1-17(2,27)16-22-23(7-14(25)21-13-3-4-19-8-20-13)15(26)10-5-11-9(24(10)16)6-12(18)28-11/h3-6,8,27H,7H2,1-2H3,(H,19,20,21,25). The Balaban J connectivity index is 1.82. The van der Waals surface area contributed by atoms with Crippen LogP contribution in [-0.4, -0.2) is 35.2 Å². The van der Waals surface area contributed by atoms with Gasteiger partial charge in [0, 0.05) is 6.20 Å². The molecule has 9 nitrogen and oxygen atoms in total. The molecule has 4 aromatic rings. The van der Waals surface area contributed by atoms with E-state index in [1.165, 1.54) is 29.9 Å². The van der Waals surface area contributed by atoms with Gasteiger partial charge in [0.25, 0.3) is 5.56 Å². The number of rotatable bonds is 4. The fourth-order valence-electron chi connectivity index (χ4n) is 2.87. The summed E-state index contributed by atoms with van der Waals surface area (Å²) in [6, 6.07) is 4.94. The molecule has 0 saturated carbocycles. The lowest BCUT2D eigenvalue weighted by atomic mass is 10.1. The summed E-state index contributed by atoms with van der Waals surface area (Å²) < 4.78 is 3.97. The molecule has 0 bridgehead atoms. The first-order chi connectivity index (χ1) is 13.2. The van der Waals surface area contributed by atoms with Crippen molar-refractivity contribution in [3.8, 4) is 0 Å². The Morgan fingerprint density at radius 3 is 2.82 bits per heavy atom. The van der Waals surface area contributed by atoms with E-state index in [9.17, 15) is 14.7 Å². The van der Waals surface area contributed by atoms with Gasteiger partial charge in [-0.05, 0) is 32.0 Å². The van der Waals surface area contributed by atoms with Crippen molar-refractivity contribution in [2.45, 2.75) is 26.0 Å². The van der Waals surface area contributed by atoms with E-state index in [1.807, 2.05) is 0 Å². The van der Waals surface area contributed by atoms with Gasteiger partial charge < -0.3 is 10.4 Å². The molecule has 4 aromatic heterocycles. The summed E-state index contributed by atoms with van der Waals surface area (Å²) in [5.74, 6) is 0.0619. The van der Waals surface area contributed by atoms with Crippen molar-refractivity contribution in [1.82, 2.24) is 24.1 Å². The number of hydrogen-bond donors (Lipinski definition) is 2. The van der Waals surface area contributed by atoms with Gasteiger partial charge in [0.05, 0.1) is 14.6 Å². The van der Waals surface area contributed by atoms with E-state index in [0.29, 0.717) is 21.2 Å². The molecular formula is C17H15ClN6O3S. The van der Waals surface area contributed by atoms with Crippen LogP contribution in [0, 0.1) is 0 Å². The monoisotopic (exact) mass is 418 g/mol. The molecule has 0 atom stereocenters. The first-order valence-corrected chi connectivity index (χ1v) is 9.44. The number of amides is 1. The van der Waals surface area contributed by atoms with Crippen LogP contribution in [0.5, 0.6) is 0 Å². The van der Waals surface area contributed by atoms with E-state index in [2.05, 4.69) is 20.4 Å². The number of hydrogen-bond acceptors (Lipinski definition) is 7. The highest BCUT2D eigenvalue weighted by Gasteiger charge is 2.27. The fraction of sp³-hybridized carbons (Fsp3) is 0.235. The van der Waals surface area contributed by atoms with Gasteiger partial charge in [-0.2, -0.15) is 5.10 Å². The quantitative estimate of drug-likeness (QED) is 0.524. The number of carbonyl (C=O) groups is 1. The topological polar surface area (TPSA) is 114 Å². The lowest BCUT2D eigenvalue weighted by Gasteiger charge is -2.20. The van der Waals surface area contributed by atoms with Crippen molar-refractivity contribution in [1.29, 1.82) is 0 Å². The molecule has 28 heavy (non-hydrogen) atoms. The highest BCUT2D eigenvalue weighted by Crippen LogP contribution is 2.33. The molecule has 4 heterocycles. The van der Waals surface area contributed by atoms with Crippen LogP contribution < -0.4 is 10.9 Å². The Morgan fingerprint density at radius 2 is 2.14 bits per heavy atom. The first kappa shape index (κ1) is 18.5. The lowest BCUT2D eigenvalue weighted by Crippen LogP contribution is -2.35. The average Bonchev–Trinajstić information content (AvgIpc) is 3.13. The molecule has 0 aromatic carbocycles. The van der Waals surface area contributed by atoms with Gasteiger partial charge in [0.2, 0.25) is 5.91 Å². The summed E-state index contributed by atoms with van der Waals surface area (Å²) in [6.45, 7) is 2.79. The average molecular weight is 419 g/mol. The maximum Gasteiger partial charge on any atom is 0.291 e. The van der Waals surface area contributed by atoms with Gasteiger partial charge in [-0.3, -0.25) is 14.0 Å². The Hall–Kier alpha value is -2.82. The normalized spacial score (nSPS) is 12.0. The van der Waals surface area contributed by atoms with Crippen LogP contribution in [-0.2, 0) is 16.9 Å². The van der Waals surface area contributed by atoms with Crippen LogP contribution in [0.3, 0.4) is 0 Å². The molecule has 0 aliphatic rings. The highest BCUT2D eigenvalue weighted by atomic mass is 35.5. The van der Waals surface area contributed by atoms with E-state index in [1.54, 1.807) is 30.4 Å². The summed E-state index contributed by atoms with van der Waals surface area (Å²) >= 11 is 7.41. The van der Waals surface area contributed by atoms with E-state index in [-0.39, 0.29) is 12.4 Å². The minimum absolute atomic E-state index is 0.224. The summed E-state index contributed by atoms with van der Waals surface area (Å²) in [5, 5.41) is 17.5. The fourth-order valence-corrected chi connectivity index (χ4v) is 4.03. The van der Waals surface area contributed by atoms with Crippen molar-refractivity contribution in [3.05, 3.63) is 51.2 Å². The maximum absolute atomic E-state index is 12.9. The number of aromatic nitrogens is 5. The molecule has 0 unspecified atom stereocenters. The van der Waals surface area contributed by atoms with Gasteiger partial charge in [-0.15, -0.1) is 11.3 Å². The number of carbonyl (C=O) groups excluding carboxylic acids is 1. The Morgan fingerprint density at radius 1 is 1.36 bits per heavy atom. The van der Waals surface area contributed by atoms with E-state index < -0.39 is 17.1 Å². The number of nitrogens with one attached hydrogen (secondary N) is 1. The van der Waals surface area contributed by atoms with Gasteiger partial charge in [-0.25, -0.2) is 14.6 Å². The van der Waals surface area contributed by atoms with Crippen LogP contribution in [0.25, 0.3) is 15.7 Å². The van der Waals surface area contributed by atoms with Crippen LogP contribution >= 0.6 is 22.9 Å². The van der Waals surface area contributed by atoms with E-state index in [4.69, 9.17) is 11.6 Å². The second kappa shape index (κ2) is 6.66. The summed E-state index contributed by atoms with van der Waals surface area (Å²) in [6.07, 6.45) is 2.79. The maximum atomic E-state index is 12.9. The molecule has 11 heteroatoms. The highest BCUT2D eigenvalue weighted by molar-refractivity contribution is 7.22. The van der Waals surface area contributed by atoms with Crippen LogP contribution in [0.4, 0.5) is 5.82 Å². The number of fused-ring (bicyclic) bond motifs is 3. The molecule has 0 aliphatic heterocycles. The minimum atomic E-state index is -1.36. The van der Waals surface area contributed by atoms with Gasteiger partial charge in [-0.1, -0.05) is 11.6 Å². The predicted molar refractivity (Wildman–Crippen MR) is 106 cm³/mol.